The molecule has 4 aliphatic carbocycles. The zero-order valence-electron chi connectivity index (χ0n) is 20.6. The number of carbonyl (C=O) groups excluding carboxylic acids is 1. The molecule has 0 heterocycles. The molecule has 0 aliphatic heterocycles. The molecule has 0 amide bonds. The quantitative estimate of drug-likeness (QED) is 0.418. The molecule has 0 saturated heterocycles. The Morgan fingerprint density at radius 1 is 1.07 bits per heavy atom. The molecule has 4 aliphatic rings. The van der Waals surface area contributed by atoms with Crippen LogP contribution in [0.1, 0.15) is 106 Å². The van der Waals surface area contributed by atoms with Crippen molar-refractivity contribution in [2.24, 2.45) is 46.3 Å². The molecule has 0 aromatic rings. The Hall–Kier alpha value is -0.850. The SMILES string of the molecule is CC/C(=C\C[C@@H](C)[C@H]1CC[C@H]2[C@@H]3CCC4=CC(=O)CC[C@]4(C)[C@H]3CC[C@]12C)C(C)C. The van der Waals surface area contributed by atoms with Gasteiger partial charge in [-0.25, -0.2) is 0 Å². The largest absolute Gasteiger partial charge is 0.295 e. The first-order valence-corrected chi connectivity index (χ1v) is 13.1. The predicted molar refractivity (Wildman–Crippen MR) is 127 cm³/mol. The minimum Gasteiger partial charge on any atom is -0.295 e. The summed E-state index contributed by atoms with van der Waals surface area (Å²) in [5, 5.41) is 0. The fourth-order valence-electron chi connectivity index (χ4n) is 8.82. The summed E-state index contributed by atoms with van der Waals surface area (Å²) in [6, 6.07) is 0. The zero-order valence-corrected chi connectivity index (χ0v) is 20.6. The van der Waals surface area contributed by atoms with Crippen LogP contribution in [0, 0.1) is 46.3 Å². The van der Waals surface area contributed by atoms with Crippen molar-refractivity contribution in [3.8, 4) is 0 Å². The fourth-order valence-corrected chi connectivity index (χ4v) is 8.82. The number of ketones is 1. The van der Waals surface area contributed by atoms with Gasteiger partial charge in [-0.05, 0) is 110 Å². The number of hydrogen-bond acceptors (Lipinski definition) is 1. The molecule has 0 aromatic carbocycles. The van der Waals surface area contributed by atoms with E-state index in [0.717, 1.165) is 42.4 Å². The van der Waals surface area contributed by atoms with Gasteiger partial charge >= 0.3 is 0 Å². The van der Waals surface area contributed by atoms with Crippen LogP contribution in [-0.2, 0) is 4.79 Å². The van der Waals surface area contributed by atoms with Crippen LogP contribution in [0.25, 0.3) is 0 Å². The molecule has 168 valence electrons. The molecule has 3 fully saturated rings. The van der Waals surface area contributed by atoms with Crippen LogP contribution in [0.5, 0.6) is 0 Å². The molecular formula is C29H46O. The van der Waals surface area contributed by atoms with Crippen molar-refractivity contribution >= 4 is 5.78 Å². The summed E-state index contributed by atoms with van der Waals surface area (Å²) in [5.41, 5.74) is 4.02. The molecule has 7 atom stereocenters. The van der Waals surface area contributed by atoms with E-state index in [1.807, 2.05) is 0 Å². The highest BCUT2D eigenvalue weighted by molar-refractivity contribution is 5.91. The lowest BCUT2D eigenvalue weighted by molar-refractivity contribution is -0.117. The normalized spacial score (nSPS) is 42.4. The van der Waals surface area contributed by atoms with E-state index in [9.17, 15) is 4.79 Å². The van der Waals surface area contributed by atoms with E-state index in [2.05, 4.69) is 53.7 Å². The van der Waals surface area contributed by atoms with Crippen molar-refractivity contribution < 1.29 is 4.79 Å². The Kier molecular flexibility index (Phi) is 6.15. The molecule has 0 N–H and O–H groups in total. The molecule has 4 rings (SSSR count). The van der Waals surface area contributed by atoms with Crippen LogP contribution in [0.3, 0.4) is 0 Å². The van der Waals surface area contributed by atoms with Crippen LogP contribution >= 0.6 is 0 Å². The van der Waals surface area contributed by atoms with Gasteiger partial charge in [-0.3, -0.25) is 4.79 Å². The van der Waals surface area contributed by atoms with Gasteiger partial charge in [0.2, 0.25) is 0 Å². The van der Waals surface area contributed by atoms with Gasteiger partial charge in [-0.1, -0.05) is 58.8 Å². The van der Waals surface area contributed by atoms with Gasteiger partial charge in [0, 0.05) is 6.42 Å². The van der Waals surface area contributed by atoms with Crippen LogP contribution in [0.2, 0.25) is 0 Å². The van der Waals surface area contributed by atoms with Crippen molar-refractivity contribution in [3.63, 3.8) is 0 Å². The average Bonchev–Trinajstić information content (AvgIpc) is 3.06. The minimum atomic E-state index is 0.317. The van der Waals surface area contributed by atoms with Crippen molar-refractivity contribution in [3.05, 3.63) is 23.3 Å². The summed E-state index contributed by atoms with van der Waals surface area (Å²) < 4.78 is 0. The van der Waals surface area contributed by atoms with Gasteiger partial charge in [0.15, 0.2) is 5.78 Å². The van der Waals surface area contributed by atoms with Gasteiger partial charge in [-0.15, -0.1) is 0 Å². The highest BCUT2D eigenvalue weighted by Gasteiger charge is 2.59. The summed E-state index contributed by atoms with van der Waals surface area (Å²) >= 11 is 0. The predicted octanol–water partition coefficient (Wildman–Crippen LogP) is 8.15. The topological polar surface area (TPSA) is 17.1 Å². The second-order valence-corrected chi connectivity index (χ2v) is 12.2. The first-order valence-electron chi connectivity index (χ1n) is 13.1. The highest BCUT2D eigenvalue weighted by Crippen LogP contribution is 2.67. The Balaban J connectivity index is 1.52. The Bertz CT molecular complexity index is 727. The van der Waals surface area contributed by atoms with Crippen LogP contribution < -0.4 is 0 Å². The highest BCUT2D eigenvalue weighted by atomic mass is 16.1. The lowest BCUT2D eigenvalue weighted by atomic mass is 9.46. The van der Waals surface area contributed by atoms with Gasteiger partial charge in [0.05, 0.1) is 0 Å². The summed E-state index contributed by atoms with van der Waals surface area (Å²) in [6.45, 7) is 14.7. The number of rotatable bonds is 5. The Morgan fingerprint density at radius 3 is 2.53 bits per heavy atom. The Labute approximate surface area is 186 Å². The van der Waals surface area contributed by atoms with Gasteiger partial charge in [0.1, 0.15) is 0 Å². The first-order chi connectivity index (χ1) is 14.2. The molecule has 0 aromatic heterocycles. The van der Waals surface area contributed by atoms with E-state index in [1.54, 1.807) is 5.57 Å². The van der Waals surface area contributed by atoms with Gasteiger partial charge < -0.3 is 0 Å². The molecular weight excluding hydrogens is 364 g/mol. The van der Waals surface area contributed by atoms with Crippen molar-refractivity contribution in [1.29, 1.82) is 0 Å². The molecule has 0 unspecified atom stereocenters. The minimum absolute atomic E-state index is 0.317. The van der Waals surface area contributed by atoms with Crippen molar-refractivity contribution in [2.45, 2.75) is 106 Å². The van der Waals surface area contributed by atoms with E-state index < -0.39 is 0 Å². The fraction of sp³-hybridized carbons (Fsp3) is 0.828. The van der Waals surface area contributed by atoms with E-state index in [0.29, 0.717) is 22.5 Å². The second-order valence-electron chi connectivity index (χ2n) is 12.2. The maximum atomic E-state index is 12.1. The molecule has 0 radical (unpaired) electrons. The third-order valence-corrected chi connectivity index (χ3v) is 10.6. The molecule has 30 heavy (non-hydrogen) atoms. The number of fused-ring (bicyclic) bond motifs is 5. The summed E-state index contributed by atoms with van der Waals surface area (Å²) in [5.74, 6) is 5.41. The molecule has 0 bridgehead atoms. The maximum absolute atomic E-state index is 12.1. The second kappa shape index (κ2) is 8.25. The summed E-state index contributed by atoms with van der Waals surface area (Å²) in [7, 11) is 0. The lowest BCUT2D eigenvalue weighted by Crippen LogP contribution is -2.50. The molecule has 3 saturated carbocycles. The Morgan fingerprint density at radius 2 is 1.83 bits per heavy atom. The van der Waals surface area contributed by atoms with Gasteiger partial charge in [0.25, 0.3) is 0 Å². The molecule has 1 heteroatoms. The maximum Gasteiger partial charge on any atom is 0.155 e. The first kappa shape index (κ1) is 22.3. The third-order valence-electron chi connectivity index (χ3n) is 10.6. The monoisotopic (exact) mass is 410 g/mol. The number of hydrogen-bond donors (Lipinski definition) is 0. The average molecular weight is 411 g/mol. The number of allylic oxidation sites excluding steroid dienone is 3. The smallest absolute Gasteiger partial charge is 0.155 e. The van der Waals surface area contributed by atoms with E-state index in [1.165, 1.54) is 56.9 Å². The molecule has 1 nitrogen and oxygen atoms in total. The summed E-state index contributed by atoms with van der Waals surface area (Å²) in [4.78, 5) is 12.1. The third kappa shape index (κ3) is 3.57. The summed E-state index contributed by atoms with van der Waals surface area (Å²) in [6.07, 6.45) is 17.3. The number of carbonyl (C=O) groups is 1. The van der Waals surface area contributed by atoms with Crippen molar-refractivity contribution in [2.75, 3.05) is 0 Å². The van der Waals surface area contributed by atoms with Crippen LogP contribution in [-0.4, -0.2) is 5.78 Å². The van der Waals surface area contributed by atoms with E-state index >= 15 is 0 Å². The van der Waals surface area contributed by atoms with Gasteiger partial charge in [-0.2, -0.15) is 0 Å². The van der Waals surface area contributed by atoms with E-state index in [-0.39, 0.29) is 0 Å². The van der Waals surface area contributed by atoms with Crippen LogP contribution in [0.15, 0.2) is 23.3 Å². The zero-order chi connectivity index (χ0) is 21.7. The lowest BCUT2D eigenvalue weighted by Gasteiger charge is -2.58. The standard InChI is InChI=1S/C29H46O/c1-7-21(19(2)3)9-8-20(4)25-12-13-26-24-11-10-22-18-23(30)14-16-28(22,5)27(24)15-17-29(25,26)6/h9,18-20,24-27H,7-8,10-17H2,1-6H3/b21-9+/t20-,24+,25-,26+,27+,28+,29-/m1/s1. The van der Waals surface area contributed by atoms with E-state index in [4.69, 9.17) is 0 Å². The van der Waals surface area contributed by atoms with Crippen molar-refractivity contribution in [1.82, 2.24) is 0 Å². The van der Waals surface area contributed by atoms with Crippen LogP contribution in [0.4, 0.5) is 0 Å². The molecule has 0 spiro atoms.